The Bertz CT molecular complexity index is 233. The summed E-state index contributed by atoms with van der Waals surface area (Å²) >= 11 is 0. The van der Waals surface area contributed by atoms with Crippen LogP contribution in [0.25, 0.3) is 0 Å². The van der Waals surface area contributed by atoms with Crippen molar-refractivity contribution in [2.24, 2.45) is 0 Å². The van der Waals surface area contributed by atoms with E-state index in [-0.39, 0.29) is 0 Å². The Kier molecular flexibility index (Phi) is 6.66. The van der Waals surface area contributed by atoms with Crippen molar-refractivity contribution in [3.05, 3.63) is 0 Å². The van der Waals surface area contributed by atoms with Gasteiger partial charge in [0.2, 0.25) is 0 Å². The van der Waals surface area contributed by atoms with Crippen LogP contribution in [0.4, 0.5) is 0 Å². The molecule has 0 spiro atoms. The SMILES string of the molecule is CNC1CCCCCCC1N(C)C1CCCCCC1. The fourth-order valence-corrected chi connectivity index (χ4v) is 4.22. The van der Waals surface area contributed by atoms with Gasteiger partial charge >= 0.3 is 0 Å². The van der Waals surface area contributed by atoms with Crippen LogP contribution in [0.15, 0.2) is 0 Å². The smallest absolute Gasteiger partial charge is 0.0249 e. The first-order valence-corrected chi connectivity index (χ1v) is 8.72. The van der Waals surface area contributed by atoms with Gasteiger partial charge in [0.1, 0.15) is 0 Å². The van der Waals surface area contributed by atoms with Gasteiger partial charge < -0.3 is 5.32 Å². The van der Waals surface area contributed by atoms with Gasteiger partial charge in [0.25, 0.3) is 0 Å². The molecule has 0 aromatic heterocycles. The zero-order chi connectivity index (χ0) is 13.5. The van der Waals surface area contributed by atoms with E-state index in [1.807, 2.05) is 0 Å². The van der Waals surface area contributed by atoms with Crippen LogP contribution in [0.3, 0.4) is 0 Å². The average Bonchev–Trinajstić information content (AvgIpc) is 2.67. The molecule has 19 heavy (non-hydrogen) atoms. The molecule has 2 unspecified atom stereocenters. The van der Waals surface area contributed by atoms with Gasteiger partial charge in [-0.1, -0.05) is 51.4 Å². The molecule has 112 valence electrons. The van der Waals surface area contributed by atoms with Crippen molar-refractivity contribution in [1.29, 1.82) is 0 Å². The minimum atomic E-state index is 0.716. The molecule has 2 atom stereocenters. The zero-order valence-corrected chi connectivity index (χ0v) is 13.2. The number of nitrogens with zero attached hydrogens (tertiary/aromatic N) is 1. The zero-order valence-electron chi connectivity index (χ0n) is 13.2. The molecule has 2 fully saturated rings. The minimum Gasteiger partial charge on any atom is -0.315 e. The number of rotatable bonds is 3. The fraction of sp³-hybridized carbons (Fsp3) is 1.00. The Hall–Kier alpha value is -0.0800. The fourth-order valence-electron chi connectivity index (χ4n) is 4.22. The Balaban J connectivity index is 1.97. The highest BCUT2D eigenvalue weighted by molar-refractivity contribution is 4.87. The van der Waals surface area contributed by atoms with E-state index >= 15 is 0 Å². The lowest BCUT2D eigenvalue weighted by atomic mass is 9.90. The normalized spacial score (nSPS) is 31.7. The van der Waals surface area contributed by atoms with Crippen LogP contribution in [0.1, 0.15) is 77.0 Å². The predicted octanol–water partition coefficient (Wildman–Crippen LogP) is 3.95. The molecule has 0 bridgehead atoms. The molecule has 2 aliphatic carbocycles. The van der Waals surface area contributed by atoms with Gasteiger partial charge in [-0.2, -0.15) is 0 Å². The molecule has 2 rings (SSSR count). The highest BCUT2D eigenvalue weighted by Crippen LogP contribution is 2.27. The molecule has 0 aromatic carbocycles. The maximum Gasteiger partial charge on any atom is 0.0249 e. The predicted molar refractivity (Wildman–Crippen MR) is 83.6 cm³/mol. The highest BCUT2D eigenvalue weighted by atomic mass is 15.2. The molecule has 0 amide bonds. The Morgan fingerprint density at radius 1 is 0.737 bits per heavy atom. The van der Waals surface area contributed by atoms with Crippen LogP contribution in [-0.4, -0.2) is 37.1 Å². The third-order valence-electron chi connectivity index (χ3n) is 5.52. The molecular weight excluding hydrogens is 232 g/mol. The summed E-state index contributed by atoms with van der Waals surface area (Å²) < 4.78 is 0. The van der Waals surface area contributed by atoms with E-state index in [2.05, 4.69) is 24.3 Å². The van der Waals surface area contributed by atoms with Gasteiger partial charge in [-0.3, -0.25) is 4.90 Å². The Morgan fingerprint density at radius 3 is 1.84 bits per heavy atom. The van der Waals surface area contributed by atoms with Crippen molar-refractivity contribution in [2.75, 3.05) is 14.1 Å². The quantitative estimate of drug-likeness (QED) is 0.778. The number of hydrogen-bond acceptors (Lipinski definition) is 2. The van der Waals surface area contributed by atoms with Crippen LogP contribution >= 0.6 is 0 Å². The molecule has 2 nitrogen and oxygen atoms in total. The van der Waals surface area contributed by atoms with E-state index in [1.54, 1.807) is 0 Å². The highest BCUT2D eigenvalue weighted by Gasteiger charge is 2.29. The van der Waals surface area contributed by atoms with E-state index in [1.165, 1.54) is 77.0 Å². The topological polar surface area (TPSA) is 15.3 Å². The Morgan fingerprint density at radius 2 is 1.26 bits per heavy atom. The summed E-state index contributed by atoms with van der Waals surface area (Å²) in [6, 6.07) is 2.34. The third-order valence-corrected chi connectivity index (χ3v) is 5.52. The third kappa shape index (κ3) is 4.46. The Labute approximate surface area is 120 Å². The van der Waals surface area contributed by atoms with Crippen LogP contribution in [0, 0.1) is 0 Å². The lowest BCUT2D eigenvalue weighted by Gasteiger charge is -2.40. The standard InChI is InChI=1S/C17H34N2/c1-18-16-13-9-5-6-10-14-17(16)19(2)15-11-7-3-4-8-12-15/h15-18H,3-14H2,1-2H3. The molecule has 0 aliphatic heterocycles. The van der Waals surface area contributed by atoms with Crippen molar-refractivity contribution < 1.29 is 0 Å². The molecule has 0 heterocycles. The summed E-state index contributed by atoms with van der Waals surface area (Å²) in [5.74, 6) is 0. The number of hydrogen-bond donors (Lipinski definition) is 1. The van der Waals surface area contributed by atoms with Gasteiger partial charge in [-0.25, -0.2) is 0 Å². The minimum absolute atomic E-state index is 0.716. The summed E-state index contributed by atoms with van der Waals surface area (Å²) in [5.41, 5.74) is 0. The number of nitrogens with one attached hydrogen (secondary N) is 1. The second-order valence-corrected chi connectivity index (χ2v) is 6.76. The van der Waals surface area contributed by atoms with Crippen LogP contribution < -0.4 is 5.32 Å². The molecule has 0 saturated heterocycles. The maximum absolute atomic E-state index is 3.62. The van der Waals surface area contributed by atoms with E-state index < -0.39 is 0 Å². The van der Waals surface area contributed by atoms with Crippen LogP contribution in [-0.2, 0) is 0 Å². The van der Waals surface area contributed by atoms with E-state index in [9.17, 15) is 0 Å². The first kappa shape index (κ1) is 15.3. The van der Waals surface area contributed by atoms with E-state index in [0.29, 0.717) is 6.04 Å². The van der Waals surface area contributed by atoms with Gasteiger partial charge in [0.05, 0.1) is 0 Å². The first-order valence-electron chi connectivity index (χ1n) is 8.72. The molecule has 2 aliphatic rings. The van der Waals surface area contributed by atoms with Crippen molar-refractivity contribution in [3.8, 4) is 0 Å². The van der Waals surface area contributed by atoms with Gasteiger partial charge in [0, 0.05) is 18.1 Å². The van der Waals surface area contributed by atoms with Gasteiger partial charge in [-0.05, 0) is 39.8 Å². The monoisotopic (exact) mass is 266 g/mol. The van der Waals surface area contributed by atoms with Gasteiger partial charge in [-0.15, -0.1) is 0 Å². The molecule has 2 heteroatoms. The first-order chi connectivity index (χ1) is 9.33. The second kappa shape index (κ2) is 8.26. The van der Waals surface area contributed by atoms with Crippen molar-refractivity contribution in [1.82, 2.24) is 10.2 Å². The van der Waals surface area contributed by atoms with Crippen LogP contribution in [0.5, 0.6) is 0 Å². The van der Waals surface area contributed by atoms with E-state index in [4.69, 9.17) is 0 Å². The average molecular weight is 266 g/mol. The summed E-state index contributed by atoms with van der Waals surface area (Å²) in [7, 11) is 4.58. The molecule has 2 saturated carbocycles. The summed E-state index contributed by atoms with van der Waals surface area (Å²) in [6.45, 7) is 0. The van der Waals surface area contributed by atoms with Crippen molar-refractivity contribution in [3.63, 3.8) is 0 Å². The lowest BCUT2D eigenvalue weighted by molar-refractivity contribution is 0.110. The maximum atomic E-state index is 3.62. The molecule has 1 N–H and O–H groups in total. The largest absolute Gasteiger partial charge is 0.315 e. The summed E-state index contributed by atoms with van der Waals surface area (Å²) in [6.07, 6.45) is 17.2. The molecule has 0 aromatic rings. The summed E-state index contributed by atoms with van der Waals surface area (Å²) in [5, 5.41) is 3.62. The van der Waals surface area contributed by atoms with Crippen molar-refractivity contribution in [2.45, 2.75) is 95.2 Å². The number of likely N-dealkylation sites (N-methyl/N-ethyl adjacent to an activating group) is 2. The molecule has 0 radical (unpaired) electrons. The van der Waals surface area contributed by atoms with Crippen molar-refractivity contribution >= 4 is 0 Å². The molecular formula is C17H34N2. The lowest BCUT2D eigenvalue weighted by Crippen LogP contribution is -2.51. The van der Waals surface area contributed by atoms with Crippen LogP contribution in [0.2, 0.25) is 0 Å². The van der Waals surface area contributed by atoms with Gasteiger partial charge in [0.15, 0.2) is 0 Å². The summed E-state index contributed by atoms with van der Waals surface area (Å²) in [4.78, 5) is 2.76. The van der Waals surface area contributed by atoms with E-state index in [0.717, 1.165) is 12.1 Å². The second-order valence-electron chi connectivity index (χ2n) is 6.76.